The van der Waals surface area contributed by atoms with Gasteiger partial charge in [-0.25, -0.2) is 0 Å². The Bertz CT molecular complexity index is 22.5. The van der Waals surface area contributed by atoms with Crippen LogP contribution in [0.2, 0.25) is 0 Å². The summed E-state index contributed by atoms with van der Waals surface area (Å²) in [5, 5.41) is 0. The van der Waals surface area contributed by atoms with Gasteiger partial charge in [-0.05, 0) is 0 Å². The Balaban J connectivity index is 0. The van der Waals surface area contributed by atoms with E-state index < -0.39 is 0 Å². The summed E-state index contributed by atoms with van der Waals surface area (Å²) in [5.41, 5.74) is 0. The zero-order chi connectivity index (χ0) is 0. The number of hydrogen-bond donors (Lipinski definition) is 0. The molecule has 0 unspecified atom stereocenters. The topological polar surface area (TPSA) is 200 Å². The summed E-state index contributed by atoms with van der Waals surface area (Å²) in [4.78, 5) is 0. The Morgan fingerprint density at radius 1 is 0.308 bits per heavy atom. The van der Waals surface area contributed by atoms with Gasteiger partial charge >= 0.3 is 101 Å². The van der Waals surface area contributed by atoms with Crippen molar-refractivity contribution in [3.05, 3.63) is 0 Å². The van der Waals surface area contributed by atoms with Gasteiger partial charge in [-0.2, -0.15) is 0 Å². The molecule has 0 bridgehead atoms. The molecule has 0 radical (unpaired) electrons. The third-order valence-electron chi connectivity index (χ3n) is 0. The first kappa shape index (κ1) is 477. The predicted octanol–water partition coefficient (Wildman–Crippen LogP) is -3.12. The van der Waals surface area contributed by atoms with Gasteiger partial charge < -0.3 is 38.3 Å². The average Bonchev–Trinajstić information content (AvgIpc) is 0. The SMILES string of the molecule is [Al+3].[Al+3].[Be+2].[Be+2].[Mg+2].[Mg+2].[O-2].[O-2].[O-2].[O-2].[O-2].[O-2].[O-2]. The average molecular weight is 233 g/mol. The Morgan fingerprint density at radius 3 is 0.308 bits per heavy atom. The molecule has 56 valence electrons. The summed E-state index contributed by atoms with van der Waals surface area (Å²) >= 11 is 0. The number of hydrogen-bond acceptors (Lipinski definition) is 0. The Morgan fingerprint density at radius 2 is 0.308 bits per heavy atom. The van der Waals surface area contributed by atoms with E-state index in [4.69, 9.17) is 0 Å². The fourth-order valence-electron chi connectivity index (χ4n) is 0. The van der Waals surface area contributed by atoms with Gasteiger partial charge in [0.2, 0.25) is 0 Å². The molecule has 0 N–H and O–H groups in total. The minimum Gasteiger partial charge on any atom is -2.00 e. The first-order valence-electron chi connectivity index (χ1n) is 0. The standard InChI is InChI=1S/2Al.2Be.2Mg.7O/q2*+3;4*+2;7*-2. The second-order valence-corrected chi connectivity index (χ2v) is 0. The fraction of sp³-hybridized carbons (Fsp3) is 0. The molecule has 0 aromatic rings. The van der Waals surface area contributed by atoms with Gasteiger partial charge in [0.05, 0.1) is 0 Å². The molecular formula is Al2Be2Mg2O7. The van der Waals surface area contributed by atoms with Gasteiger partial charge in [0, 0.05) is 0 Å². The molecule has 0 aliphatic rings. The molecular weight excluding hydrogens is 233 g/mol. The van der Waals surface area contributed by atoms with E-state index in [1.54, 1.807) is 0 Å². The maximum absolute atomic E-state index is 0. The third kappa shape index (κ3) is 333. The molecule has 13 heteroatoms. The van der Waals surface area contributed by atoms with Crippen molar-refractivity contribution in [2.45, 2.75) is 0 Å². The normalized spacial score (nSPS) is 0. The summed E-state index contributed by atoms with van der Waals surface area (Å²) in [6, 6.07) is 0. The van der Waals surface area contributed by atoms with Gasteiger partial charge in [0.25, 0.3) is 0 Å². The monoisotopic (exact) mass is 232 g/mol. The van der Waals surface area contributed by atoms with Crippen LogP contribution in [0.4, 0.5) is 0 Å². The molecule has 0 saturated carbocycles. The van der Waals surface area contributed by atoms with Crippen molar-refractivity contribution in [3.8, 4) is 0 Å². The van der Waals surface area contributed by atoms with Gasteiger partial charge in [0.1, 0.15) is 0 Å². The predicted molar refractivity (Wildman–Crippen MR) is 39.3 cm³/mol. The van der Waals surface area contributed by atoms with Crippen molar-refractivity contribution in [2.75, 3.05) is 0 Å². The molecule has 0 aliphatic heterocycles. The molecule has 0 aromatic heterocycles. The van der Waals surface area contributed by atoms with Crippen LogP contribution in [0.3, 0.4) is 0 Å². The summed E-state index contributed by atoms with van der Waals surface area (Å²) in [6.07, 6.45) is 0. The van der Waals surface area contributed by atoms with E-state index in [0.29, 0.717) is 0 Å². The molecule has 0 spiro atoms. The molecule has 0 aliphatic carbocycles. The van der Waals surface area contributed by atoms with Gasteiger partial charge in [-0.15, -0.1) is 0 Å². The molecule has 0 aromatic carbocycles. The van der Waals surface area contributed by atoms with Crippen molar-refractivity contribution in [3.63, 3.8) is 0 Å². The second-order valence-electron chi connectivity index (χ2n) is 0. The third-order valence-corrected chi connectivity index (χ3v) is 0. The zero-order valence-corrected chi connectivity index (χ0v) is 12.0. The Hall–Kier alpha value is 2.66. The molecule has 0 heterocycles. The molecule has 13 heavy (non-hydrogen) atoms. The van der Waals surface area contributed by atoms with Crippen LogP contribution in [0, 0.1) is 0 Å². The van der Waals surface area contributed by atoms with E-state index in [0.717, 1.165) is 0 Å². The van der Waals surface area contributed by atoms with Gasteiger partial charge in [-0.3, -0.25) is 0 Å². The smallest absolute Gasteiger partial charge is 2.00 e. The van der Waals surface area contributed by atoms with Crippen LogP contribution in [0.15, 0.2) is 0 Å². The van der Waals surface area contributed by atoms with E-state index in [9.17, 15) is 0 Å². The molecule has 7 nitrogen and oxygen atoms in total. The summed E-state index contributed by atoms with van der Waals surface area (Å²) < 4.78 is 0. The maximum atomic E-state index is 0. The van der Waals surface area contributed by atoms with Crippen molar-refractivity contribution in [1.82, 2.24) is 0 Å². The summed E-state index contributed by atoms with van der Waals surface area (Å²) in [7, 11) is 0. The minimum absolute atomic E-state index is 0. The van der Waals surface area contributed by atoms with Crippen molar-refractivity contribution < 1.29 is 38.3 Å². The van der Waals surface area contributed by atoms with Crippen LogP contribution in [0.1, 0.15) is 0 Å². The first-order chi connectivity index (χ1) is 0. The van der Waals surface area contributed by atoms with E-state index in [2.05, 4.69) is 0 Å². The summed E-state index contributed by atoms with van der Waals surface area (Å²) in [5.74, 6) is 0. The van der Waals surface area contributed by atoms with E-state index in [1.165, 1.54) is 0 Å². The van der Waals surface area contributed by atoms with Crippen LogP contribution in [0.25, 0.3) is 0 Å². The van der Waals surface area contributed by atoms with Gasteiger partial charge in [-0.1, -0.05) is 0 Å². The molecule has 0 saturated heterocycles. The van der Waals surface area contributed by atoms with E-state index >= 15 is 0 Å². The minimum atomic E-state index is 0. The van der Waals surface area contributed by atoms with Gasteiger partial charge in [0.15, 0.2) is 0 Å². The van der Waals surface area contributed by atoms with Crippen molar-refractivity contribution in [1.29, 1.82) is 0 Å². The zero-order valence-electron chi connectivity index (χ0n) is 6.84. The van der Waals surface area contributed by atoms with Crippen LogP contribution in [-0.4, -0.2) is 101 Å². The van der Waals surface area contributed by atoms with E-state index in [1.807, 2.05) is 0 Å². The Labute approximate surface area is 138 Å². The molecule has 0 atom stereocenters. The van der Waals surface area contributed by atoms with Crippen LogP contribution in [0.5, 0.6) is 0 Å². The first-order valence-corrected chi connectivity index (χ1v) is 0. The number of rotatable bonds is 0. The summed E-state index contributed by atoms with van der Waals surface area (Å²) in [6.45, 7) is 0. The van der Waals surface area contributed by atoms with Crippen LogP contribution in [-0.2, 0) is 38.3 Å². The fourth-order valence-corrected chi connectivity index (χ4v) is 0. The molecule has 0 fully saturated rings. The maximum Gasteiger partial charge on any atom is 3.00 e. The molecule has 0 amide bonds. The van der Waals surface area contributed by atoms with Crippen LogP contribution < -0.4 is 0 Å². The Kier molecular flexibility index (Phi) is 14200. The quantitative estimate of drug-likeness (QED) is 0.381. The largest absolute Gasteiger partial charge is 3.00 e. The van der Waals surface area contributed by atoms with E-state index in [-0.39, 0.29) is 139 Å². The van der Waals surface area contributed by atoms with Crippen LogP contribution >= 0.6 is 0 Å². The second kappa shape index (κ2) is 388. The van der Waals surface area contributed by atoms with Crippen molar-refractivity contribution in [2.24, 2.45) is 0 Å². The molecule has 0 rings (SSSR count). The van der Waals surface area contributed by atoms with Crippen molar-refractivity contribution >= 4 is 101 Å².